The van der Waals surface area contributed by atoms with Crippen molar-refractivity contribution in [2.24, 2.45) is 0 Å². The number of piperazine rings is 1. The van der Waals surface area contributed by atoms with Crippen molar-refractivity contribution < 1.29 is 5.11 Å². The molecule has 1 aromatic rings. The molecule has 5 rings (SSSR count). The molecular formula is C27H36N8O. The van der Waals surface area contributed by atoms with Gasteiger partial charge < -0.3 is 20.7 Å². The summed E-state index contributed by atoms with van der Waals surface area (Å²) in [5.41, 5.74) is 3.87. The molecule has 0 amide bonds. The van der Waals surface area contributed by atoms with Crippen LogP contribution < -0.4 is 10.6 Å². The van der Waals surface area contributed by atoms with Crippen molar-refractivity contribution in [2.75, 3.05) is 56.5 Å². The van der Waals surface area contributed by atoms with Crippen molar-refractivity contribution in [1.82, 2.24) is 29.7 Å². The van der Waals surface area contributed by atoms with Crippen LogP contribution in [0.4, 0.5) is 17.5 Å². The number of aromatic amines is 1. The minimum Gasteiger partial charge on any atom is -0.395 e. The number of H-pyrrole nitrogens is 1. The van der Waals surface area contributed by atoms with E-state index in [4.69, 9.17) is 10.1 Å². The van der Waals surface area contributed by atoms with Crippen molar-refractivity contribution in [3.63, 3.8) is 0 Å². The van der Waals surface area contributed by atoms with Gasteiger partial charge in [0, 0.05) is 50.0 Å². The van der Waals surface area contributed by atoms with Crippen molar-refractivity contribution in [3.8, 4) is 23.4 Å². The van der Waals surface area contributed by atoms with Crippen LogP contribution >= 0.6 is 0 Å². The normalized spacial score (nSPS) is 17.6. The number of anilines is 3. The number of β-amino-alcohol motifs (C(OH)–C–C–N with tert-alkyl or cyclic N) is 1. The van der Waals surface area contributed by atoms with E-state index in [1.807, 2.05) is 6.07 Å². The third-order valence-electron chi connectivity index (χ3n) is 7.12. The molecule has 1 saturated heterocycles. The van der Waals surface area contributed by atoms with Gasteiger partial charge >= 0.3 is 0 Å². The highest BCUT2D eigenvalue weighted by Gasteiger charge is 2.20. The zero-order valence-electron chi connectivity index (χ0n) is 21.1. The lowest BCUT2D eigenvalue weighted by atomic mass is 9.95. The average Bonchev–Trinajstić information content (AvgIpc) is 3.37. The highest BCUT2D eigenvalue weighted by atomic mass is 16.3. The smallest absolute Gasteiger partial charge is 0.208 e. The van der Waals surface area contributed by atoms with Gasteiger partial charge in [0.1, 0.15) is 12.0 Å². The molecule has 0 atom stereocenters. The van der Waals surface area contributed by atoms with E-state index < -0.39 is 0 Å². The minimum atomic E-state index is 0.229. The van der Waals surface area contributed by atoms with Crippen LogP contribution in [0.25, 0.3) is 11.5 Å². The third-order valence-corrected chi connectivity index (χ3v) is 7.12. The summed E-state index contributed by atoms with van der Waals surface area (Å²) in [6.07, 6.45) is 7.74. The maximum absolute atomic E-state index is 9.09. The Morgan fingerprint density at radius 1 is 1.08 bits per heavy atom. The molecule has 0 radical (unpaired) electrons. The first-order valence-corrected chi connectivity index (χ1v) is 13.1. The second kappa shape index (κ2) is 11.7. The molecule has 0 aromatic heterocycles. The van der Waals surface area contributed by atoms with Gasteiger partial charge in [-0.15, -0.1) is 0 Å². The van der Waals surface area contributed by atoms with E-state index in [1.54, 1.807) is 6.33 Å². The van der Waals surface area contributed by atoms with E-state index in [0.717, 1.165) is 73.4 Å². The van der Waals surface area contributed by atoms with E-state index in [9.17, 15) is 0 Å². The second-order valence-electron chi connectivity index (χ2n) is 9.78. The number of aliphatic hydroxyl groups excluding tert-OH is 1. The first kappa shape index (κ1) is 24.5. The van der Waals surface area contributed by atoms with Gasteiger partial charge in [-0.1, -0.05) is 31.1 Å². The second-order valence-corrected chi connectivity index (χ2v) is 9.78. The number of nitrogens with one attached hydrogen (secondary N) is 3. The van der Waals surface area contributed by atoms with Crippen LogP contribution in [0.1, 0.15) is 43.2 Å². The Morgan fingerprint density at radius 3 is 2.67 bits per heavy atom. The number of aromatic nitrogens is 4. The van der Waals surface area contributed by atoms with E-state index >= 15 is 0 Å². The summed E-state index contributed by atoms with van der Waals surface area (Å²) in [7, 11) is 0. The van der Waals surface area contributed by atoms with Gasteiger partial charge in [-0.05, 0) is 43.5 Å². The van der Waals surface area contributed by atoms with E-state index in [-0.39, 0.29) is 6.61 Å². The van der Waals surface area contributed by atoms with E-state index in [1.165, 1.54) is 32.1 Å². The molecule has 3 aliphatic heterocycles. The van der Waals surface area contributed by atoms with Crippen LogP contribution in [-0.4, -0.2) is 86.8 Å². The lowest BCUT2D eigenvalue weighted by Gasteiger charge is -2.33. The number of hydrogen-bond donors (Lipinski definition) is 4. The largest absolute Gasteiger partial charge is 0.395 e. The highest BCUT2D eigenvalue weighted by Crippen LogP contribution is 2.29. The van der Waals surface area contributed by atoms with Crippen molar-refractivity contribution >= 4 is 17.5 Å². The molecule has 0 bridgehead atoms. The maximum atomic E-state index is 9.09. The summed E-state index contributed by atoms with van der Waals surface area (Å²) in [4.78, 5) is 21.5. The van der Waals surface area contributed by atoms with Gasteiger partial charge in [-0.2, -0.15) is 4.98 Å². The predicted molar refractivity (Wildman–Crippen MR) is 143 cm³/mol. The number of imidazole rings is 1. The maximum Gasteiger partial charge on any atom is 0.208 e. The molecule has 190 valence electrons. The van der Waals surface area contributed by atoms with Gasteiger partial charge in [0.2, 0.25) is 5.95 Å². The fourth-order valence-electron chi connectivity index (χ4n) is 5.01. The number of rotatable bonds is 7. The van der Waals surface area contributed by atoms with Crippen LogP contribution in [0.3, 0.4) is 0 Å². The Labute approximate surface area is 213 Å². The molecule has 1 aromatic carbocycles. The molecular weight excluding hydrogens is 452 g/mol. The molecule has 0 unspecified atom stereocenters. The zero-order chi connectivity index (χ0) is 24.7. The Morgan fingerprint density at radius 2 is 1.89 bits per heavy atom. The molecule has 36 heavy (non-hydrogen) atoms. The van der Waals surface area contributed by atoms with Crippen LogP contribution in [0.5, 0.6) is 0 Å². The van der Waals surface area contributed by atoms with Crippen LogP contribution in [0.2, 0.25) is 0 Å². The predicted octanol–water partition coefficient (Wildman–Crippen LogP) is 3.06. The van der Waals surface area contributed by atoms with Gasteiger partial charge in [0.25, 0.3) is 0 Å². The number of aliphatic hydroxyl groups is 1. The summed E-state index contributed by atoms with van der Waals surface area (Å²) in [6, 6.07) is 6.64. The molecule has 1 aliphatic carbocycles. The number of fused-ring (bicyclic) bond motifs is 1. The fourth-order valence-corrected chi connectivity index (χ4v) is 5.01. The molecule has 2 fully saturated rings. The molecule has 9 heteroatoms. The molecule has 3 heterocycles. The Kier molecular flexibility index (Phi) is 7.96. The highest BCUT2D eigenvalue weighted by molar-refractivity contribution is 5.71. The summed E-state index contributed by atoms with van der Waals surface area (Å²) in [5.74, 6) is 8.79. The Balaban J connectivity index is 1.23. The first-order valence-electron chi connectivity index (χ1n) is 13.1. The topological polar surface area (TPSA) is 105 Å². The van der Waals surface area contributed by atoms with Crippen molar-refractivity contribution in [2.45, 2.75) is 45.1 Å². The standard InChI is InChI=1S/C27H36N8O/c1-20-18-21(6-5-11-34-12-14-35(15-13-34)16-17-36)9-10-23(20)31-27-32-25-24(28-19-29-25)26(33-27)30-22-7-3-2-4-8-22/h9-10,18-19,22,36H,2-4,7-8,11-17H2,1H3,(H3,28,29,30,31,32,33). The number of nitrogens with zero attached hydrogens (tertiary/aromatic N) is 5. The SMILES string of the molecule is Cc1cc(C#CCN2CCN(CCO)CC2)ccc1Nc1nc(NC2CCCCC2)c2ncnc-2[nH]1. The average molecular weight is 489 g/mol. The lowest BCUT2D eigenvalue weighted by Crippen LogP contribution is -2.47. The van der Waals surface area contributed by atoms with Crippen LogP contribution in [0, 0.1) is 18.8 Å². The molecule has 1 saturated carbocycles. The minimum absolute atomic E-state index is 0.229. The van der Waals surface area contributed by atoms with Gasteiger partial charge in [0.15, 0.2) is 11.6 Å². The van der Waals surface area contributed by atoms with Gasteiger partial charge in [0.05, 0.1) is 13.2 Å². The van der Waals surface area contributed by atoms with Gasteiger partial charge in [-0.25, -0.2) is 9.97 Å². The van der Waals surface area contributed by atoms with Crippen molar-refractivity contribution in [3.05, 3.63) is 35.7 Å². The van der Waals surface area contributed by atoms with Crippen LogP contribution in [0.15, 0.2) is 24.5 Å². The van der Waals surface area contributed by atoms with Crippen LogP contribution in [-0.2, 0) is 0 Å². The summed E-state index contributed by atoms with van der Waals surface area (Å²) in [5, 5.41) is 16.1. The molecule has 4 aliphatic rings. The first-order chi connectivity index (χ1) is 17.7. The summed E-state index contributed by atoms with van der Waals surface area (Å²) >= 11 is 0. The Hall–Kier alpha value is -3.19. The monoisotopic (exact) mass is 488 g/mol. The molecule has 9 nitrogen and oxygen atoms in total. The van der Waals surface area contributed by atoms with Crippen molar-refractivity contribution in [1.29, 1.82) is 0 Å². The summed E-state index contributed by atoms with van der Waals surface area (Å²) < 4.78 is 0. The lowest BCUT2D eigenvalue weighted by molar-refractivity contribution is 0.121. The number of benzene rings is 1. The van der Waals surface area contributed by atoms with E-state index in [2.05, 4.69) is 66.3 Å². The molecule has 0 spiro atoms. The van der Waals surface area contributed by atoms with Gasteiger partial charge in [-0.3, -0.25) is 9.80 Å². The quantitative estimate of drug-likeness (QED) is 0.376. The zero-order valence-corrected chi connectivity index (χ0v) is 21.1. The van der Waals surface area contributed by atoms with E-state index in [0.29, 0.717) is 12.0 Å². The fraction of sp³-hybridized carbons (Fsp3) is 0.519. The number of hydrogen-bond acceptors (Lipinski definition) is 8. The summed E-state index contributed by atoms with van der Waals surface area (Å²) in [6.45, 7) is 7.81. The number of aryl methyl sites for hydroxylation is 1. The molecule has 4 N–H and O–H groups in total. The Bertz CT molecular complexity index is 1170. The third kappa shape index (κ3) is 6.13.